The molecule has 0 saturated heterocycles. The lowest BCUT2D eigenvalue weighted by molar-refractivity contribution is 0.340. The molecule has 0 radical (unpaired) electrons. The van der Waals surface area contributed by atoms with Crippen molar-refractivity contribution in [3.05, 3.63) is 189 Å². The molecule has 4 aliphatic heterocycles. The summed E-state index contributed by atoms with van der Waals surface area (Å²) >= 11 is 0. The van der Waals surface area contributed by atoms with E-state index < -0.39 is 0 Å². The molecule has 228 valence electrons. The quantitative estimate of drug-likeness (QED) is 0.191. The number of para-hydroxylation sites is 3. The summed E-state index contributed by atoms with van der Waals surface area (Å²) in [5, 5.41) is 0. The van der Waals surface area contributed by atoms with Gasteiger partial charge in [-0.05, 0) is 81.6 Å². The second-order valence-corrected chi connectivity index (χ2v) is 15.5. The Kier molecular flexibility index (Phi) is 4.15. The minimum Gasteiger partial charge on any atom is -0.325 e. The lowest BCUT2D eigenvalue weighted by Crippen LogP contribution is -2.59. The number of rotatable bonds is 2. The molecule has 4 heterocycles. The maximum Gasteiger partial charge on any atom is 0.109 e. The highest BCUT2D eigenvalue weighted by Crippen LogP contribution is 2.77. The van der Waals surface area contributed by atoms with E-state index in [4.69, 9.17) is 0 Å². The summed E-state index contributed by atoms with van der Waals surface area (Å²) < 4.78 is 0. The predicted octanol–water partition coefficient (Wildman–Crippen LogP) is 10.6. The molecule has 0 amide bonds. The average molecular weight is 615 g/mol. The molecule has 0 N–H and O–H groups in total. The van der Waals surface area contributed by atoms with E-state index in [2.05, 4.69) is 143 Å². The Morgan fingerprint density at radius 2 is 0.896 bits per heavy atom. The van der Waals surface area contributed by atoms with Crippen LogP contribution >= 0.6 is 0 Å². The van der Waals surface area contributed by atoms with Crippen LogP contribution in [-0.2, 0) is 16.5 Å². The van der Waals surface area contributed by atoms with Gasteiger partial charge in [-0.3, -0.25) is 0 Å². The highest BCUT2D eigenvalue weighted by Gasteiger charge is 2.70. The second kappa shape index (κ2) is 7.96. The zero-order valence-corrected chi connectivity index (χ0v) is 26.8. The lowest BCUT2D eigenvalue weighted by atomic mass is 9.53. The molecule has 4 atom stereocenters. The fraction of sp³-hybridized carbons (Fsp3) is 0.217. The van der Waals surface area contributed by atoms with Crippen LogP contribution in [0.25, 0.3) is 0 Å². The van der Waals surface area contributed by atoms with Crippen molar-refractivity contribution in [2.75, 3.05) is 9.80 Å². The van der Waals surface area contributed by atoms with Gasteiger partial charge in [-0.1, -0.05) is 128 Å². The Bertz CT molecular complexity index is 2270. The third-order valence-corrected chi connectivity index (χ3v) is 14.0. The van der Waals surface area contributed by atoms with Crippen LogP contribution in [0.2, 0.25) is 0 Å². The number of hydrogen-bond donors (Lipinski definition) is 0. The number of benzene rings is 6. The number of hydrogen-bond acceptors (Lipinski definition) is 2. The van der Waals surface area contributed by atoms with E-state index in [0.717, 1.165) is 0 Å². The average Bonchev–Trinajstić information content (AvgIpc) is 3.48. The first-order valence-corrected chi connectivity index (χ1v) is 18.1. The van der Waals surface area contributed by atoms with Gasteiger partial charge in [-0.15, -0.1) is 0 Å². The topological polar surface area (TPSA) is 6.48 Å². The molecule has 1 saturated carbocycles. The van der Waals surface area contributed by atoms with E-state index in [0.29, 0.717) is 11.8 Å². The van der Waals surface area contributed by atoms with Crippen LogP contribution in [0.3, 0.4) is 0 Å². The Balaban J connectivity index is 0.980. The fourth-order valence-electron chi connectivity index (χ4n) is 12.3. The van der Waals surface area contributed by atoms with E-state index in [1.165, 1.54) is 105 Å². The van der Waals surface area contributed by atoms with Crippen LogP contribution in [0.15, 0.2) is 133 Å². The molecule has 6 aromatic rings. The molecule has 2 heteroatoms. The maximum atomic E-state index is 2.71. The Labute approximate surface area is 281 Å². The highest BCUT2D eigenvalue weighted by atomic mass is 15.3. The summed E-state index contributed by atoms with van der Waals surface area (Å²) in [6, 6.07) is 52.0. The highest BCUT2D eigenvalue weighted by molar-refractivity contribution is 5.96. The first-order valence-electron chi connectivity index (χ1n) is 18.1. The Morgan fingerprint density at radius 1 is 0.396 bits per heavy atom. The van der Waals surface area contributed by atoms with Gasteiger partial charge >= 0.3 is 0 Å². The standard InChI is InChI=1S/C46H34N2/c1-10-24-44(25-11-1,28-20-22-35-33(26-28)43-32-14-4-7-17-38(32)47-40-19-9-6-16-36(40)46(35,43)47)29-21-23-37-41(27-29)48-39-18-8-3-13-31(39)42-30-12-2-5-15-34(30)45(37,42)48/h2-9,12-23,26-27,42-43H,1,10-11,24-25H2. The zero-order valence-electron chi connectivity index (χ0n) is 26.8. The number of fused-ring (bicyclic) bond motifs is 14. The summed E-state index contributed by atoms with van der Waals surface area (Å²) in [7, 11) is 0. The van der Waals surface area contributed by atoms with Gasteiger partial charge in [0.2, 0.25) is 0 Å². The van der Waals surface area contributed by atoms with Crippen molar-refractivity contribution < 1.29 is 0 Å². The normalized spacial score (nSPS) is 27.4. The van der Waals surface area contributed by atoms with Gasteiger partial charge < -0.3 is 9.80 Å². The van der Waals surface area contributed by atoms with Gasteiger partial charge in [0, 0.05) is 51.1 Å². The second-order valence-electron chi connectivity index (χ2n) is 15.5. The third-order valence-electron chi connectivity index (χ3n) is 14.0. The summed E-state index contributed by atoms with van der Waals surface area (Å²) in [5.74, 6) is 0.824. The van der Waals surface area contributed by atoms with E-state index in [9.17, 15) is 0 Å². The van der Waals surface area contributed by atoms with E-state index >= 15 is 0 Å². The maximum absolute atomic E-state index is 2.71. The first kappa shape index (κ1) is 25.0. The minimum atomic E-state index is -0.0312. The minimum absolute atomic E-state index is 0.0291. The van der Waals surface area contributed by atoms with Crippen LogP contribution in [0.4, 0.5) is 22.7 Å². The fourth-order valence-corrected chi connectivity index (χ4v) is 12.3. The van der Waals surface area contributed by atoms with Gasteiger partial charge in [0.15, 0.2) is 0 Å². The molecule has 2 spiro atoms. The van der Waals surface area contributed by atoms with Crippen LogP contribution in [0.5, 0.6) is 0 Å². The lowest BCUT2D eigenvalue weighted by Gasteiger charge is -2.61. The third kappa shape index (κ3) is 2.34. The van der Waals surface area contributed by atoms with Crippen LogP contribution in [-0.4, -0.2) is 0 Å². The van der Waals surface area contributed by atoms with E-state index in [1.807, 2.05) is 0 Å². The van der Waals surface area contributed by atoms with Crippen LogP contribution < -0.4 is 9.80 Å². The van der Waals surface area contributed by atoms with Crippen molar-refractivity contribution in [1.29, 1.82) is 0 Å². The van der Waals surface area contributed by atoms with Gasteiger partial charge in [-0.2, -0.15) is 0 Å². The molecule has 13 rings (SSSR count). The molecule has 1 fully saturated rings. The van der Waals surface area contributed by atoms with E-state index in [-0.39, 0.29) is 16.5 Å². The largest absolute Gasteiger partial charge is 0.325 e. The zero-order chi connectivity index (χ0) is 31.0. The van der Waals surface area contributed by atoms with Crippen molar-refractivity contribution in [3.63, 3.8) is 0 Å². The molecule has 6 aromatic carbocycles. The summed E-state index contributed by atoms with van der Waals surface area (Å²) in [5.41, 5.74) is 20.7. The van der Waals surface area contributed by atoms with Gasteiger partial charge in [0.25, 0.3) is 0 Å². The molecule has 48 heavy (non-hydrogen) atoms. The Morgan fingerprint density at radius 3 is 1.62 bits per heavy atom. The molecular weight excluding hydrogens is 581 g/mol. The number of nitrogens with zero attached hydrogens (tertiary/aromatic N) is 2. The molecule has 2 nitrogen and oxygen atoms in total. The molecule has 0 aromatic heterocycles. The van der Waals surface area contributed by atoms with Gasteiger partial charge in [-0.25, -0.2) is 0 Å². The first-order chi connectivity index (χ1) is 23.8. The van der Waals surface area contributed by atoms with Crippen molar-refractivity contribution in [1.82, 2.24) is 0 Å². The number of anilines is 4. The summed E-state index contributed by atoms with van der Waals surface area (Å²) in [6.45, 7) is 0. The van der Waals surface area contributed by atoms with Crippen molar-refractivity contribution in [2.24, 2.45) is 0 Å². The van der Waals surface area contributed by atoms with Gasteiger partial charge in [0.1, 0.15) is 11.1 Å². The predicted molar refractivity (Wildman–Crippen MR) is 192 cm³/mol. The monoisotopic (exact) mass is 614 g/mol. The smallest absolute Gasteiger partial charge is 0.109 e. The Hall–Kier alpha value is -5.08. The molecule has 4 unspecified atom stereocenters. The summed E-state index contributed by atoms with van der Waals surface area (Å²) in [6.07, 6.45) is 6.36. The summed E-state index contributed by atoms with van der Waals surface area (Å²) in [4.78, 5) is 5.36. The molecule has 7 aliphatic rings. The van der Waals surface area contributed by atoms with Crippen molar-refractivity contribution >= 4 is 22.7 Å². The van der Waals surface area contributed by atoms with E-state index in [1.54, 1.807) is 5.56 Å². The SMILES string of the molecule is c1ccc2c(c1)C1c3cc(C4(c5ccc6c(c5)N5c7ccccc7C7c8ccccc8C675)CCCCC4)ccc3C13c1ccccc1N23. The molecule has 3 aliphatic carbocycles. The van der Waals surface area contributed by atoms with Crippen molar-refractivity contribution in [2.45, 2.75) is 60.4 Å². The van der Waals surface area contributed by atoms with Crippen molar-refractivity contribution in [3.8, 4) is 0 Å². The molecular formula is C46H34N2. The van der Waals surface area contributed by atoms with Crippen LogP contribution in [0.1, 0.15) is 99.6 Å². The molecule has 0 bridgehead atoms. The van der Waals surface area contributed by atoms with Crippen LogP contribution in [0, 0.1) is 0 Å². The van der Waals surface area contributed by atoms with Gasteiger partial charge in [0.05, 0.1) is 0 Å².